The highest BCUT2D eigenvalue weighted by atomic mass is 19.3. The van der Waals surface area contributed by atoms with Crippen LogP contribution >= 0.6 is 0 Å². The maximum Gasteiger partial charge on any atom is 0.308 e. The molecule has 3 heterocycles. The summed E-state index contributed by atoms with van der Waals surface area (Å²) < 4.78 is 35.5. The second-order valence-electron chi connectivity index (χ2n) is 10.2. The molecule has 0 bridgehead atoms. The minimum Gasteiger partial charge on any atom is -0.495 e. The Balaban J connectivity index is 1.43. The van der Waals surface area contributed by atoms with Crippen LogP contribution < -0.4 is 25.3 Å². The van der Waals surface area contributed by atoms with Crippen molar-refractivity contribution in [3.05, 3.63) is 30.0 Å². The number of alkyl halides is 2. The number of benzene rings is 1. The second-order valence-corrected chi connectivity index (χ2v) is 10.2. The lowest BCUT2D eigenvalue weighted by Crippen LogP contribution is -2.51. The monoisotopic (exact) mass is 531 g/mol. The lowest BCUT2D eigenvalue weighted by Gasteiger charge is -2.36. The molecule has 2 aromatic rings. The summed E-state index contributed by atoms with van der Waals surface area (Å²) in [6.07, 6.45) is 6.16. The smallest absolute Gasteiger partial charge is 0.308 e. The van der Waals surface area contributed by atoms with E-state index in [1.807, 2.05) is 5.01 Å². The number of carbonyl (C=O) groups excluding carboxylic acids is 1. The van der Waals surface area contributed by atoms with Crippen LogP contribution in [0.1, 0.15) is 55.3 Å². The number of halogens is 2. The van der Waals surface area contributed by atoms with E-state index in [2.05, 4.69) is 20.7 Å². The highest BCUT2D eigenvalue weighted by Gasteiger charge is 2.48. The number of fused-ring (bicyclic) bond motifs is 1. The van der Waals surface area contributed by atoms with Gasteiger partial charge in [-0.1, -0.05) is 19.3 Å². The number of nitrogens with zero attached hydrogens (tertiary/aromatic N) is 5. The number of aliphatic hydroxyl groups excluding tert-OH is 1. The van der Waals surface area contributed by atoms with Crippen molar-refractivity contribution in [2.24, 2.45) is 0 Å². The van der Waals surface area contributed by atoms with E-state index >= 15 is 8.78 Å². The van der Waals surface area contributed by atoms with Crippen molar-refractivity contribution in [1.82, 2.24) is 20.4 Å². The number of rotatable bonds is 6. The maximum atomic E-state index is 15.0. The first-order chi connectivity index (χ1) is 18.3. The summed E-state index contributed by atoms with van der Waals surface area (Å²) in [7, 11) is 2.93. The van der Waals surface area contributed by atoms with Crippen LogP contribution in [0.3, 0.4) is 0 Å². The third kappa shape index (κ3) is 5.32. The van der Waals surface area contributed by atoms with Gasteiger partial charge in [-0.05, 0) is 43.9 Å². The van der Waals surface area contributed by atoms with Crippen LogP contribution in [-0.4, -0.2) is 78.0 Å². The zero-order valence-electron chi connectivity index (χ0n) is 21.8. The van der Waals surface area contributed by atoms with E-state index in [1.165, 1.54) is 20.4 Å². The molecule has 206 valence electrons. The molecule has 1 atom stereocenters. The molecule has 1 aliphatic carbocycles. The molecule has 38 heavy (non-hydrogen) atoms. The molecule has 1 unspecified atom stereocenters. The first-order valence-corrected chi connectivity index (χ1v) is 13.2. The van der Waals surface area contributed by atoms with E-state index in [9.17, 15) is 9.90 Å². The van der Waals surface area contributed by atoms with Crippen LogP contribution in [0.2, 0.25) is 0 Å². The lowest BCUT2D eigenvalue weighted by atomic mass is 9.94. The maximum absolute atomic E-state index is 15.0. The van der Waals surface area contributed by atoms with Crippen LogP contribution in [0.4, 0.5) is 31.9 Å². The number of ether oxygens (including phenoxy) is 1. The van der Waals surface area contributed by atoms with Crippen LogP contribution in [0.25, 0.3) is 0 Å². The molecule has 5 rings (SSSR count). The average Bonchev–Trinajstić information content (AvgIpc) is 3.42. The first kappa shape index (κ1) is 26.4. The van der Waals surface area contributed by atoms with Gasteiger partial charge < -0.3 is 25.0 Å². The summed E-state index contributed by atoms with van der Waals surface area (Å²) in [5, 5.41) is 15.4. The molecule has 12 heteroatoms. The Hall–Kier alpha value is -3.25. The minimum absolute atomic E-state index is 0.0993. The largest absolute Gasteiger partial charge is 0.495 e. The summed E-state index contributed by atoms with van der Waals surface area (Å²) in [5.41, 5.74) is 4.22. The van der Waals surface area contributed by atoms with Gasteiger partial charge in [0.05, 0.1) is 25.5 Å². The summed E-state index contributed by atoms with van der Waals surface area (Å²) in [6, 6.07) is 4.92. The normalized spacial score (nSPS) is 22.1. The molecule has 1 amide bonds. The molecular formula is C26H35F2N7O3. The quantitative estimate of drug-likeness (QED) is 0.516. The zero-order chi connectivity index (χ0) is 26.9. The molecule has 3 aliphatic rings. The Morgan fingerprint density at radius 3 is 2.61 bits per heavy atom. The first-order valence-electron chi connectivity index (χ1n) is 13.2. The molecule has 1 aromatic heterocycles. The van der Waals surface area contributed by atoms with Crippen molar-refractivity contribution >= 4 is 29.0 Å². The fourth-order valence-electron chi connectivity index (χ4n) is 5.47. The van der Waals surface area contributed by atoms with Crippen LogP contribution in [0.5, 0.6) is 5.75 Å². The number of methoxy groups -OCH3 is 1. The predicted octanol–water partition coefficient (Wildman–Crippen LogP) is 3.51. The molecule has 1 saturated heterocycles. The Bertz CT molecular complexity index is 1160. The Morgan fingerprint density at radius 1 is 1.16 bits per heavy atom. The van der Waals surface area contributed by atoms with Crippen LogP contribution in [0.15, 0.2) is 24.4 Å². The van der Waals surface area contributed by atoms with Gasteiger partial charge in [0.2, 0.25) is 5.95 Å². The topological polar surface area (TPSA) is 106 Å². The van der Waals surface area contributed by atoms with Crippen molar-refractivity contribution in [3.63, 3.8) is 0 Å². The highest BCUT2D eigenvalue weighted by Crippen LogP contribution is 2.41. The van der Waals surface area contributed by atoms with Gasteiger partial charge in [-0.2, -0.15) is 13.8 Å². The van der Waals surface area contributed by atoms with Crippen molar-refractivity contribution in [3.8, 4) is 5.75 Å². The molecule has 2 fully saturated rings. The number of hydrazine groups is 1. The van der Waals surface area contributed by atoms with Crippen molar-refractivity contribution in [1.29, 1.82) is 0 Å². The third-order valence-corrected chi connectivity index (χ3v) is 7.62. The highest BCUT2D eigenvalue weighted by molar-refractivity contribution is 5.95. The van der Waals surface area contributed by atoms with E-state index in [0.717, 1.165) is 62.9 Å². The molecule has 0 radical (unpaired) electrons. The SMILES string of the molecule is COc1cc(C(=O)NN2CCCC2)ccc1Nc1ncc2c(n1)N(C1CCCCC1)CC(F)(F)C(O)N2C. The Kier molecular flexibility index (Phi) is 7.53. The fourth-order valence-corrected chi connectivity index (χ4v) is 5.47. The van der Waals surface area contributed by atoms with E-state index in [4.69, 9.17) is 4.74 Å². The van der Waals surface area contributed by atoms with E-state index < -0.39 is 18.7 Å². The standard InChI is InChI=1S/C26H35F2N7O3/c1-33-20-15-29-25(31-22(20)35(16-26(27,28)24(33)37)18-8-4-3-5-9-18)30-19-11-10-17(14-21(19)38-2)23(36)32-34-12-6-7-13-34/h10-11,14-15,18,24,37H,3-9,12-13,16H2,1-2H3,(H,32,36)(H,29,30,31). The number of hydrogen-bond acceptors (Lipinski definition) is 9. The van der Waals surface area contributed by atoms with Crippen molar-refractivity contribution in [2.75, 3.05) is 48.9 Å². The molecule has 0 spiro atoms. The lowest BCUT2D eigenvalue weighted by molar-refractivity contribution is -0.0986. The molecule has 1 aromatic carbocycles. The molecule has 1 saturated carbocycles. The van der Waals surface area contributed by atoms with Gasteiger partial charge in [0.15, 0.2) is 12.0 Å². The van der Waals surface area contributed by atoms with E-state index in [-0.39, 0.29) is 17.9 Å². The van der Waals surface area contributed by atoms with Gasteiger partial charge in [-0.25, -0.2) is 9.99 Å². The van der Waals surface area contributed by atoms with Crippen molar-refractivity contribution < 1.29 is 23.4 Å². The van der Waals surface area contributed by atoms with Gasteiger partial charge in [0.25, 0.3) is 5.91 Å². The zero-order valence-corrected chi connectivity index (χ0v) is 21.8. The number of amides is 1. The molecule has 10 nitrogen and oxygen atoms in total. The summed E-state index contributed by atoms with van der Waals surface area (Å²) in [4.78, 5) is 24.5. The molecule has 3 N–H and O–H groups in total. The number of nitrogens with one attached hydrogen (secondary N) is 2. The second kappa shape index (κ2) is 10.9. The number of aliphatic hydroxyl groups is 1. The van der Waals surface area contributed by atoms with Crippen molar-refractivity contribution in [2.45, 2.75) is 63.1 Å². The summed E-state index contributed by atoms with van der Waals surface area (Å²) in [6.45, 7) is 1.03. The Labute approximate surface area is 220 Å². The summed E-state index contributed by atoms with van der Waals surface area (Å²) >= 11 is 0. The third-order valence-electron chi connectivity index (χ3n) is 7.62. The number of anilines is 4. The van der Waals surface area contributed by atoms with Gasteiger partial charge >= 0.3 is 5.92 Å². The molecule has 2 aliphatic heterocycles. The van der Waals surface area contributed by atoms with Crippen LogP contribution in [0, 0.1) is 0 Å². The minimum atomic E-state index is -3.35. The Morgan fingerprint density at radius 2 is 1.89 bits per heavy atom. The predicted molar refractivity (Wildman–Crippen MR) is 140 cm³/mol. The van der Waals surface area contributed by atoms with Gasteiger partial charge in [0, 0.05) is 31.7 Å². The number of aromatic nitrogens is 2. The number of hydrogen-bond donors (Lipinski definition) is 3. The summed E-state index contributed by atoms with van der Waals surface area (Å²) in [5.74, 6) is -2.60. The molecular weight excluding hydrogens is 496 g/mol. The van der Waals surface area contributed by atoms with Gasteiger partial charge in [0.1, 0.15) is 11.4 Å². The van der Waals surface area contributed by atoms with E-state index in [0.29, 0.717) is 28.5 Å². The van der Waals surface area contributed by atoms with E-state index in [1.54, 1.807) is 23.1 Å². The van der Waals surface area contributed by atoms with Gasteiger partial charge in [-0.15, -0.1) is 0 Å². The number of carbonyl (C=O) groups is 1. The van der Waals surface area contributed by atoms with Crippen LogP contribution in [-0.2, 0) is 0 Å². The average molecular weight is 532 g/mol. The fraction of sp³-hybridized carbons (Fsp3) is 0.577. The van der Waals surface area contributed by atoms with Gasteiger partial charge in [-0.3, -0.25) is 10.2 Å².